The summed E-state index contributed by atoms with van der Waals surface area (Å²) in [7, 11) is 0. The Morgan fingerprint density at radius 1 is 1.33 bits per heavy atom. The lowest BCUT2D eigenvalue weighted by molar-refractivity contribution is 0.609. The molecule has 2 fully saturated rings. The third kappa shape index (κ3) is 1.29. The molecule has 0 bridgehead atoms. The minimum absolute atomic E-state index is 0.194. The Labute approximate surface area is 89.3 Å². The molecule has 1 aromatic rings. The average molecular weight is 199 g/mol. The SMILES string of the molecule is N#CC1(c2ccc(N3CCC3)nc2)CC1. The van der Waals surface area contributed by atoms with Crippen molar-refractivity contribution in [2.75, 3.05) is 18.0 Å². The average Bonchev–Trinajstić information content (AvgIpc) is 2.97. The standard InChI is InChI=1S/C12H13N3/c13-9-12(4-5-12)10-2-3-11(14-8-10)15-6-1-7-15/h2-3,8H,1,4-7H2. The van der Waals surface area contributed by atoms with E-state index in [1.54, 1.807) is 0 Å². The fourth-order valence-electron chi connectivity index (χ4n) is 1.99. The zero-order valence-electron chi connectivity index (χ0n) is 8.61. The summed E-state index contributed by atoms with van der Waals surface area (Å²) in [6.45, 7) is 2.24. The van der Waals surface area contributed by atoms with Crippen LogP contribution in [0, 0.1) is 11.3 Å². The number of nitrogens with zero attached hydrogens (tertiary/aromatic N) is 3. The Kier molecular flexibility index (Phi) is 1.72. The summed E-state index contributed by atoms with van der Waals surface area (Å²) in [5, 5.41) is 9.06. The van der Waals surface area contributed by atoms with Crippen molar-refractivity contribution in [3.8, 4) is 6.07 Å². The third-order valence-electron chi connectivity index (χ3n) is 3.44. The quantitative estimate of drug-likeness (QED) is 0.729. The van der Waals surface area contributed by atoms with Gasteiger partial charge in [0.25, 0.3) is 0 Å². The lowest BCUT2D eigenvalue weighted by Crippen LogP contribution is -2.37. The second kappa shape index (κ2) is 2.96. The summed E-state index contributed by atoms with van der Waals surface area (Å²) in [6, 6.07) is 6.51. The van der Waals surface area contributed by atoms with Crippen LogP contribution in [0.4, 0.5) is 5.82 Å². The monoisotopic (exact) mass is 199 g/mol. The molecule has 1 aliphatic heterocycles. The van der Waals surface area contributed by atoms with Crippen LogP contribution in [0.2, 0.25) is 0 Å². The summed E-state index contributed by atoms with van der Waals surface area (Å²) in [6.07, 6.45) is 5.14. The molecule has 0 unspecified atom stereocenters. The fraction of sp³-hybridized carbons (Fsp3) is 0.500. The van der Waals surface area contributed by atoms with Gasteiger partial charge in [0, 0.05) is 19.3 Å². The Balaban J connectivity index is 1.85. The highest BCUT2D eigenvalue weighted by atomic mass is 15.2. The minimum Gasteiger partial charge on any atom is -0.356 e. The number of aromatic nitrogens is 1. The molecule has 1 aromatic heterocycles. The van der Waals surface area contributed by atoms with Gasteiger partial charge in [-0.1, -0.05) is 6.07 Å². The molecule has 0 N–H and O–H groups in total. The van der Waals surface area contributed by atoms with E-state index in [1.807, 2.05) is 12.3 Å². The van der Waals surface area contributed by atoms with Crippen molar-refractivity contribution in [1.82, 2.24) is 4.98 Å². The smallest absolute Gasteiger partial charge is 0.128 e. The summed E-state index contributed by atoms with van der Waals surface area (Å²) in [5.74, 6) is 1.05. The highest BCUT2D eigenvalue weighted by molar-refractivity contribution is 5.45. The van der Waals surface area contributed by atoms with E-state index in [1.165, 1.54) is 6.42 Å². The van der Waals surface area contributed by atoms with E-state index in [9.17, 15) is 0 Å². The number of hydrogen-bond donors (Lipinski definition) is 0. The van der Waals surface area contributed by atoms with E-state index in [0.717, 1.165) is 37.3 Å². The van der Waals surface area contributed by atoms with Crippen LogP contribution in [0.15, 0.2) is 18.3 Å². The zero-order chi connectivity index (χ0) is 10.3. The second-order valence-electron chi connectivity index (χ2n) is 4.44. The van der Waals surface area contributed by atoms with Gasteiger partial charge in [-0.15, -0.1) is 0 Å². The molecule has 2 heterocycles. The van der Waals surface area contributed by atoms with Crippen LogP contribution >= 0.6 is 0 Å². The highest BCUT2D eigenvalue weighted by Crippen LogP contribution is 2.47. The number of pyridine rings is 1. The van der Waals surface area contributed by atoms with E-state index < -0.39 is 0 Å². The second-order valence-corrected chi connectivity index (χ2v) is 4.44. The van der Waals surface area contributed by atoms with Crippen LogP contribution in [0.25, 0.3) is 0 Å². The largest absolute Gasteiger partial charge is 0.356 e. The molecule has 15 heavy (non-hydrogen) atoms. The number of hydrogen-bond acceptors (Lipinski definition) is 3. The molecular formula is C12H13N3. The summed E-state index contributed by atoms with van der Waals surface area (Å²) >= 11 is 0. The molecule has 3 nitrogen and oxygen atoms in total. The third-order valence-corrected chi connectivity index (χ3v) is 3.44. The van der Waals surface area contributed by atoms with Crippen LogP contribution in [0.3, 0.4) is 0 Å². The summed E-state index contributed by atoms with van der Waals surface area (Å²) in [4.78, 5) is 6.69. The van der Waals surface area contributed by atoms with Gasteiger partial charge in [-0.2, -0.15) is 5.26 Å². The van der Waals surface area contributed by atoms with Crippen LogP contribution in [-0.4, -0.2) is 18.1 Å². The molecule has 0 aromatic carbocycles. The van der Waals surface area contributed by atoms with Gasteiger partial charge in [-0.3, -0.25) is 0 Å². The van der Waals surface area contributed by atoms with Crippen molar-refractivity contribution in [3.63, 3.8) is 0 Å². The summed E-state index contributed by atoms with van der Waals surface area (Å²) in [5.41, 5.74) is 0.898. The normalized spacial score (nSPS) is 21.7. The predicted octanol–water partition coefficient (Wildman–Crippen LogP) is 1.85. The number of anilines is 1. The van der Waals surface area contributed by atoms with Crippen molar-refractivity contribution in [2.24, 2.45) is 0 Å². The molecule has 1 aliphatic carbocycles. The molecular weight excluding hydrogens is 186 g/mol. The number of rotatable bonds is 2. The van der Waals surface area contributed by atoms with Crippen molar-refractivity contribution < 1.29 is 0 Å². The van der Waals surface area contributed by atoms with E-state index in [2.05, 4.69) is 22.0 Å². The first kappa shape index (κ1) is 8.72. The van der Waals surface area contributed by atoms with Crippen molar-refractivity contribution in [1.29, 1.82) is 5.26 Å². The van der Waals surface area contributed by atoms with Gasteiger partial charge in [0.15, 0.2) is 0 Å². The Morgan fingerprint density at radius 2 is 2.13 bits per heavy atom. The van der Waals surface area contributed by atoms with Crippen molar-refractivity contribution in [3.05, 3.63) is 23.9 Å². The molecule has 0 atom stereocenters. The molecule has 3 rings (SSSR count). The molecule has 0 amide bonds. The van der Waals surface area contributed by atoms with Gasteiger partial charge < -0.3 is 4.90 Å². The maximum absolute atomic E-state index is 9.06. The fourth-order valence-corrected chi connectivity index (χ4v) is 1.99. The topological polar surface area (TPSA) is 39.9 Å². The minimum atomic E-state index is -0.194. The van der Waals surface area contributed by atoms with Crippen LogP contribution in [0.5, 0.6) is 0 Å². The Hall–Kier alpha value is -1.56. The molecule has 3 heteroatoms. The lowest BCUT2D eigenvalue weighted by atomic mass is 10.00. The van der Waals surface area contributed by atoms with Gasteiger partial charge in [0.2, 0.25) is 0 Å². The Bertz CT molecular complexity index is 407. The van der Waals surface area contributed by atoms with Crippen molar-refractivity contribution in [2.45, 2.75) is 24.7 Å². The highest BCUT2D eigenvalue weighted by Gasteiger charge is 2.45. The summed E-state index contributed by atoms with van der Waals surface area (Å²) < 4.78 is 0. The van der Waals surface area contributed by atoms with Crippen molar-refractivity contribution >= 4 is 5.82 Å². The van der Waals surface area contributed by atoms with E-state index in [-0.39, 0.29) is 5.41 Å². The van der Waals surface area contributed by atoms with E-state index in [4.69, 9.17) is 5.26 Å². The first-order chi connectivity index (χ1) is 7.34. The molecule has 76 valence electrons. The van der Waals surface area contributed by atoms with E-state index in [0.29, 0.717) is 0 Å². The zero-order valence-corrected chi connectivity index (χ0v) is 8.61. The van der Waals surface area contributed by atoms with Gasteiger partial charge in [0.1, 0.15) is 5.82 Å². The maximum atomic E-state index is 9.06. The maximum Gasteiger partial charge on any atom is 0.128 e. The van der Waals surface area contributed by atoms with Gasteiger partial charge in [-0.25, -0.2) is 4.98 Å². The van der Waals surface area contributed by atoms with E-state index >= 15 is 0 Å². The number of nitriles is 1. The van der Waals surface area contributed by atoms with Crippen LogP contribution in [-0.2, 0) is 5.41 Å². The van der Waals surface area contributed by atoms with Crippen LogP contribution in [0.1, 0.15) is 24.8 Å². The van der Waals surface area contributed by atoms with Gasteiger partial charge >= 0.3 is 0 Å². The molecule has 0 spiro atoms. The van der Waals surface area contributed by atoms with Gasteiger partial charge in [-0.05, 0) is 30.9 Å². The molecule has 1 saturated carbocycles. The van der Waals surface area contributed by atoms with Crippen LogP contribution < -0.4 is 4.90 Å². The molecule has 0 radical (unpaired) electrons. The first-order valence-electron chi connectivity index (χ1n) is 5.47. The molecule has 1 saturated heterocycles. The molecule has 2 aliphatic rings. The first-order valence-corrected chi connectivity index (χ1v) is 5.47. The predicted molar refractivity (Wildman–Crippen MR) is 57.6 cm³/mol. The van der Waals surface area contributed by atoms with Gasteiger partial charge in [0.05, 0.1) is 11.5 Å². The Morgan fingerprint density at radius 3 is 2.53 bits per heavy atom. The lowest BCUT2D eigenvalue weighted by Gasteiger charge is -2.32.